The molecule has 2 N–H and O–H groups in total. The van der Waals surface area contributed by atoms with Crippen molar-refractivity contribution in [3.63, 3.8) is 0 Å². The van der Waals surface area contributed by atoms with Crippen molar-refractivity contribution in [1.29, 1.82) is 0 Å². The van der Waals surface area contributed by atoms with Crippen LogP contribution < -0.4 is 15.2 Å². The molecule has 1 unspecified atom stereocenters. The van der Waals surface area contributed by atoms with Crippen molar-refractivity contribution in [3.05, 3.63) is 23.8 Å². The van der Waals surface area contributed by atoms with Gasteiger partial charge in [0.2, 0.25) is 0 Å². The summed E-state index contributed by atoms with van der Waals surface area (Å²) in [6, 6.07) is 6.26. The summed E-state index contributed by atoms with van der Waals surface area (Å²) in [6.45, 7) is 7.45. The Morgan fingerprint density at radius 2 is 1.81 bits per heavy atom. The molecule has 1 heterocycles. The van der Waals surface area contributed by atoms with E-state index in [1.54, 1.807) is 14.2 Å². The van der Waals surface area contributed by atoms with Gasteiger partial charge in [-0.05, 0) is 42.5 Å². The Kier molecular flexibility index (Phi) is 5.12. The van der Waals surface area contributed by atoms with Gasteiger partial charge in [-0.15, -0.1) is 0 Å². The van der Waals surface area contributed by atoms with Crippen molar-refractivity contribution in [2.75, 3.05) is 33.9 Å². The van der Waals surface area contributed by atoms with Crippen molar-refractivity contribution < 1.29 is 9.47 Å². The predicted octanol–water partition coefficient (Wildman–Crippen LogP) is 2.83. The van der Waals surface area contributed by atoms with E-state index in [2.05, 4.69) is 30.9 Å². The molecule has 0 spiro atoms. The molecule has 21 heavy (non-hydrogen) atoms. The topological polar surface area (TPSA) is 47.7 Å². The fraction of sp³-hybridized carbons (Fsp3) is 0.647. The van der Waals surface area contributed by atoms with Crippen LogP contribution in [-0.2, 0) is 0 Å². The van der Waals surface area contributed by atoms with Gasteiger partial charge in [-0.25, -0.2) is 0 Å². The number of hydrogen-bond acceptors (Lipinski definition) is 4. The number of rotatable bonds is 5. The fourth-order valence-electron chi connectivity index (χ4n) is 3.25. The Labute approximate surface area is 128 Å². The van der Waals surface area contributed by atoms with Gasteiger partial charge in [0.05, 0.1) is 14.2 Å². The van der Waals surface area contributed by atoms with Crippen molar-refractivity contribution in [2.45, 2.75) is 32.7 Å². The summed E-state index contributed by atoms with van der Waals surface area (Å²) >= 11 is 0. The quantitative estimate of drug-likeness (QED) is 0.906. The summed E-state index contributed by atoms with van der Waals surface area (Å²) < 4.78 is 10.8. The second-order valence-electron chi connectivity index (χ2n) is 6.64. The third-order valence-corrected chi connectivity index (χ3v) is 4.35. The molecule has 4 nitrogen and oxygen atoms in total. The predicted molar refractivity (Wildman–Crippen MR) is 85.9 cm³/mol. The Bertz CT molecular complexity index is 452. The van der Waals surface area contributed by atoms with Crippen LogP contribution in [0.5, 0.6) is 11.5 Å². The van der Waals surface area contributed by atoms with Crippen LogP contribution in [0, 0.1) is 5.41 Å². The lowest BCUT2D eigenvalue weighted by Gasteiger charge is -2.42. The van der Waals surface area contributed by atoms with Gasteiger partial charge in [0, 0.05) is 25.2 Å². The van der Waals surface area contributed by atoms with Crippen LogP contribution in [-0.4, -0.2) is 38.8 Å². The van der Waals surface area contributed by atoms with Crippen molar-refractivity contribution in [3.8, 4) is 11.5 Å². The number of nitrogens with zero attached hydrogens (tertiary/aromatic N) is 1. The highest BCUT2D eigenvalue weighted by molar-refractivity contribution is 5.40. The maximum atomic E-state index is 6.08. The molecule has 2 rings (SSSR count). The van der Waals surface area contributed by atoms with Crippen LogP contribution in [0.1, 0.15) is 38.3 Å². The summed E-state index contributed by atoms with van der Waals surface area (Å²) in [5, 5.41) is 0. The van der Waals surface area contributed by atoms with E-state index in [-0.39, 0.29) is 6.04 Å². The van der Waals surface area contributed by atoms with Crippen LogP contribution in [0.4, 0.5) is 0 Å². The van der Waals surface area contributed by atoms with E-state index in [4.69, 9.17) is 15.2 Å². The minimum atomic E-state index is 0.216. The smallest absolute Gasteiger partial charge is 0.122 e. The average Bonchev–Trinajstić information content (AvgIpc) is 2.46. The zero-order valence-electron chi connectivity index (χ0n) is 13.7. The Morgan fingerprint density at radius 3 is 2.29 bits per heavy atom. The highest BCUT2D eigenvalue weighted by Gasteiger charge is 2.31. The number of likely N-dealkylation sites (tertiary alicyclic amines) is 1. The molecule has 0 amide bonds. The first-order valence-corrected chi connectivity index (χ1v) is 7.66. The van der Waals surface area contributed by atoms with E-state index < -0.39 is 0 Å². The first-order chi connectivity index (χ1) is 9.99. The first-order valence-electron chi connectivity index (χ1n) is 7.66. The van der Waals surface area contributed by atoms with E-state index in [1.807, 2.05) is 6.07 Å². The Hall–Kier alpha value is -1.26. The van der Waals surface area contributed by atoms with Crippen molar-refractivity contribution in [2.24, 2.45) is 11.1 Å². The zero-order valence-corrected chi connectivity index (χ0v) is 13.7. The lowest BCUT2D eigenvalue weighted by Crippen LogP contribution is -2.44. The molecule has 118 valence electrons. The summed E-state index contributed by atoms with van der Waals surface area (Å²) in [7, 11) is 3.36. The van der Waals surface area contributed by atoms with Gasteiger partial charge >= 0.3 is 0 Å². The van der Waals surface area contributed by atoms with Crippen LogP contribution in [0.15, 0.2) is 18.2 Å². The maximum absolute atomic E-state index is 6.08. The Morgan fingerprint density at radius 1 is 1.19 bits per heavy atom. The number of benzene rings is 1. The summed E-state index contributed by atoms with van der Waals surface area (Å²) in [6.07, 6.45) is 2.51. The van der Waals surface area contributed by atoms with Gasteiger partial charge in [0.1, 0.15) is 11.5 Å². The van der Waals surface area contributed by atoms with Crippen LogP contribution >= 0.6 is 0 Å². The minimum absolute atomic E-state index is 0.216. The molecule has 0 bridgehead atoms. The van der Waals surface area contributed by atoms with E-state index in [9.17, 15) is 0 Å². The molecule has 4 heteroatoms. The second kappa shape index (κ2) is 6.67. The van der Waals surface area contributed by atoms with Crippen molar-refractivity contribution in [1.82, 2.24) is 4.90 Å². The largest absolute Gasteiger partial charge is 0.497 e. The van der Waals surface area contributed by atoms with Gasteiger partial charge in [-0.1, -0.05) is 13.8 Å². The monoisotopic (exact) mass is 292 g/mol. The fourth-order valence-corrected chi connectivity index (χ4v) is 3.25. The molecule has 1 aliphatic rings. The lowest BCUT2D eigenvalue weighted by atomic mass is 9.83. The third kappa shape index (κ3) is 3.89. The molecular formula is C17H28N2O2. The van der Waals surface area contributed by atoms with E-state index >= 15 is 0 Å². The van der Waals surface area contributed by atoms with Gasteiger partial charge in [-0.3, -0.25) is 4.90 Å². The second-order valence-corrected chi connectivity index (χ2v) is 6.64. The summed E-state index contributed by atoms with van der Waals surface area (Å²) in [5.74, 6) is 1.64. The minimum Gasteiger partial charge on any atom is -0.497 e. The zero-order chi connectivity index (χ0) is 15.5. The highest BCUT2D eigenvalue weighted by Crippen LogP contribution is 2.35. The first kappa shape index (κ1) is 16.1. The number of ether oxygens (including phenoxy) is 2. The number of piperidine rings is 1. The van der Waals surface area contributed by atoms with Gasteiger partial charge in [0.25, 0.3) is 0 Å². The molecular weight excluding hydrogens is 264 g/mol. The molecule has 1 aliphatic heterocycles. The van der Waals surface area contributed by atoms with Crippen LogP contribution in [0.3, 0.4) is 0 Å². The number of hydrogen-bond donors (Lipinski definition) is 1. The lowest BCUT2D eigenvalue weighted by molar-refractivity contribution is 0.0805. The number of nitrogens with two attached hydrogens (primary N) is 1. The van der Waals surface area contributed by atoms with E-state index in [0.29, 0.717) is 12.0 Å². The highest BCUT2D eigenvalue weighted by atomic mass is 16.5. The summed E-state index contributed by atoms with van der Waals surface area (Å²) in [5.41, 5.74) is 7.61. The molecule has 0 saturated carbocycles. The molecule has 0 aromatic heterocycles. The molecule has 1 atom stereocenters. The Balaban J connectivity index is 2.28. The molecule has 0 aliphatic carbocycles. The standard InChI is InChI=1S/C17H28N2O2/c1-17(2)6-5-7-19(12-17)16(11-18)13-8-14(20-3)10-15(9-13)21-4/h8-10,16H,5-7,11-12,18H2,1-4H3. The van der Waals surface area contributed by atoms with Crippen LogP contribution in [0.2, 0.25) is 0 Å². The molecule has 0 radical (unpaired) electrons. The van der Waals surface area contributed by atoms with Crippen LogP contribution in [0.25, 0.3) is 0 Å². The maximum Gasteiger partial charge on any atom is 0.122 e. The molecule has 1 fully saturated rings. The van der Waals surface area contributed by atoms with E-state index in [1.165, 1.54) is 18.4 Å². The molecule has 1 saturated heterocycles. The summed E-state index contributed by atoms with van der Waals surface area (Å²) in [4.78, 5) is 2.50. The number of methoxy groups -OCH3 is 2. The molecule has 1 aromatic carbocycles. The van der Waals surface area contributed by atoms with Gasteiger partial charge in [0.15, 0.2) is 0 Å². The van der Waals surface area contributed by atoms with Gasteiger partial charge in [-0.2, -0.15) is 0 Å². The van der Waals surface area contributed by atoms with Gasteiger partial charge < -0.3 is 15.2 Å². The third-order valence-electron chi connectivity index (χ3n) is 4.35. The van der Waals surface area contributed by atoms with E-state index in [0.717, 1.165) is 24.6 Å². The molecule has 1 aromatic rings. The SMILES string of the molecule is COc1cc(OC)cc(C(CN)N2CCCC(C)(C)C2)c1. The normalized spacial score (nSPS) is 20.0. The average molecular weight is 292 g/mol. The van der Waals surface area contributed by atoms with Crippen molar-refractivity contribution >= 4 is 0 Å².